The second kappa shape index (κ2) is 5.30. The van der Waals surface area contributed by atoms with Crippen LogP contribution in [0.25, 0.3) is 22.6 Å². The van der Waals surface area contributed by atoms with Crippen LogP contribution in [0.2, 0.25) is 5.02 Å². The summed E-state index contributed by atoms with van der Waals surface area (Å²) in [6.07, 6.45) is 0. The number of fused-ring (bicyclic) bond motifs is 1. The molecule has 0 saturated carbocycles. The van der Waals surface area contributed by atoms with Crippen LogP contribution in [0.4, 0.5) is 5.82 Å². The molecule has 1 fully saturated rings. The molecular formula is C15H16ClN5O. The summed E-state index contributed by atoms with van der Waals surface area (Å²) in [5.74, 6) is 1.74. The van der Waals surface area contributed by atoms with Crippen LogP contribution >= 0.6 is 11.6 Å². The minimum atomic E-state index is 0.735. The predicted octanol–water partition coefficient (Wildman–Crippen LogP) is 2.75. The molecule has 1 aliphatic rings. The summed E-state index contributed by atoms with van der Waals surface area (Å²) in [4.78, 5) is 10.1. The number of aryl methyl sites for hydroxylation is 1. The van der Waals surface area contributed by atoms with Crippen molar-refractivity contribution < 1.29 is 4.74 Å². The van der Waals surface area contributed by atoms with Gasteiger partial charge in [-0.05, 0) is 24.6 Å². The standard InChI is InChI=1S/C15H16ClN5O/c1-9-6-11-12(7-10(9)16)18-15(17-11)13-8-14(20-19-13)21-2-4-22-5-3-21/h6-8H,2-5H2,1H3,(H,17,18)(H,19,20). The number of nitrogens with one attached hydrogen (secondary N) is 2. The molecule has 1 aromatic carbocycles. The number of H-pyrrole nitrogens is 2. The fraction of sp³-hybridized carbons (Fsp3) is 0.333. The van der Waals surface area contributed by atoms with Gasteiger partial charge in [0.15, 0.2) is 5.82 Å². The molecule has 0 bridgehead atoms. The highest BCUT2D eigenvalue weighted by atomic mass is 35.5. The van der Waals surface area contributed by atoms with E-state index in [-0.39, 0.29) is 0 Å². The van der Waals surface area contributed by atoms with Crippen LogP contribution < -0.4 is 4.90 Å². The van der Waals surface area contributed by atoms with E-state index in [9.17, 15) is 0 Å². The number of benzene rings is 1. The molecule has 3 aromatic rings. The highest BCUT2D eigenvalue weighted by Crippen LogP contribution is 2.26. The Hall–Kier alpha value is -2.05. The zero-order chi connectivity index (χ0) is 15.1. The molecule has 114 valence electrons. The fourth-order valence-electron chi connectivity index (χ4n) is 2.66. The van der Waals surface area contributed by atoms with Crippen LogP contribution in [0.5, 0.6) is 0 Å². The third-order valence-electron chi connectivity index (χ3n) is 3.92. The Morgan fingerprint density at radius 3 is 2.86 bits per heavy atom. The molecule has 0 unspecified atom stereocenters. The maximum atomic E-state index is 6.16. The average Bonchev–Trinajstić information content (AvgIpc) is 3.15. The van der Waals surface area contributed by atoms with Crippen molar-refractivity contribution in [2.75, 3.05) is 31.2 Å². The van der Waals surface area contributed by atoms with Gasteiger partial charge in [-0.1, -0.05) is 11.6 Å². The van der Waals surface area contributed by atoms with Crippen LogP contribution in [0, 0.1) is 6.92 Å². The van der Waals surface area contributed by atoms with Crippen LogP contribution in [0.3, 0.4) is 0 Å². The first-order chi connectivity index (χ1) is 10.7. The lowest BCUT2D eigenvalue weighted by Gasteiger charge is -2.26. The Morgan fingerprint density at radius 2 is 2.05 bits per heavy atom. The number of hydrogen-bond donors (Lipinski definition) is 2. The molecule has 1 saturated heterocycles. The lowest BCUT2D eigenvalue weighted by atomic mass is 10.2. The number of aromatic nitrogens is 4. The van der Waals surface area contributed by atoms with E-state index in [1.165, 1.54) is 0 Å². The van der Waals surface area contributed by atoms with Gasteiger partial charge in [0.05, 0.1) is 24.2 Å². The normalized spacial score (nSPS) is 15.6. The summed E-state index contributed by atoms with van der Waals surface area (Å²) in [6, 6.07) is 5.89. The first-order valence-corrected chi connectivity index (χ1v) is 7.63. The Bertz CT molecular complexity index is 780. The topological polar surface area (TPSA) is 69.8 Å². The van der Waals surface area contributed by atoms with E-state index in [2.05, 4.69) is 25.1 Å². The predicted molar refractivity (Wildman–Crippen MR) is 86.5 cm³/mol. The Kier molecular flexibility index (Phi) is 3.28. The van der Waals surface area contributed by atoms with E-state index in [4.69, 9.17) is 16.3 Å². The maximum Gasteiger partial charge on any atom is 0.159 e. The number of aromatic amines is 2. The van der Waals surface area contributed by atoms with E-state index in [1.807, 2.05) is 25.1 Å². The molecule has 0 radical (unpaired) electrons. The summed E-state index contributed by atoms with van der Waals surface area (Å²) in [7, 11) is 0. The van der Waals surface area contributed by atoms with Gasteiger partial charge in [0.2, 0.25) is 0 Å². The van der Waals surface area contributed by atoms with Crippen molar-refractivity contribution in [1.29, 1.82) is 0 Å². The molecule has 7 heteroatoms. The number of ether oxygens (including phenoxy) is 1. The van der Waals surface area contributed by atoms with Crippen molar-refractivity contribution in [3.05, 3.63) is 28.8 Å². The number of nitrogens with zero attached hydrogens (tertiary/aromatic N) is 3. The lowest BCUT2D eigenvalue weighted by Crippen LogP contribution is -2.36. The van der Waals surface area contributed by atoms with Gasteiger partial charge in [-0.2, -0.15) is 5.10 Å². The summed E-state index contributed by atoms with van der Waals surface area (Å²) in [5.41, 5.74) is 3.63. The zero-order valence-corrected chi connectivity index (χ0v) is 12.9. The molecule has 2 N–H and O–H groups in total. The van der Waals surface area contributed by atoms with Gasteiger partial charge in [-0.3, -0.25) is 5.10 Å². The first-order valence-electron chi connectivity index (χ1n) is 7.25. The lowest BCUT2D eigenvalue weighted by molar-refractivity contribution is 0.122. The number of morpholine rings is 1. The number of hydrogen-bond acceptors (Lipinski definition) is 4. The average molecular weight is 318 g/mol. The van der Waals surface area contributed by atoms with Gasteiger partial charge in [0.25, 0.3) is 0 Å². The summed E-state index contributed by atoms with van der Waals surface area (Å²) < 4.78 is 5.37. The van der Waals surface area contributed by atoms with Gasteiger partial charge < -0.3 is 14.6 Å². The molecular weight excluding hydrogens is 302 g/mol. The number of halogens is 1. The van der Waals surface area contributed by atoms with Crippen molar-refractivity contribution in [2.45, 2.75) is 6.92 Å². The van der Waals surface area contributed by atoms with Crippen molar-refractivity contribution in [3.63, 3.8) is 0 Å². The number of imidazole rings is 1. The van der Waals surface area contributed by atoms with Crippen molar-refractivity contribution in [2.24, 2.45) is 0 Å². The van der Waals surface area contributed by atoms with Crippen LogP contribution in [-0.4, -0.2) is 46.5 Å². The molecule has 0 amide bonds. The van der Waals surface area contributed by atoms with Gasteiger partial charge in [0.1, 0.15) is 11.5 Å². The van der Waals surface area contributed by atoms with Gasteiger partial charge in [-0.25, -0.2) is 4.98 Å². The summed E-state index contributed by atoms with van der Waals surface area (Å²) >= 11 is 6.16. The molecule has 6 nitrogen and oxygen atoms in total. The van der Waals surface area contributed by atoms with Gasteiger partial charge >= 0.3 is 0 Å². The number of anilines is 1. The van der Waals surface area contributed by atoms with Crippen LogP contribution in [0.1, 0.15) is 5.56 Å². The molecule has 4 rings (SSSR count). The second-order valence-corrected chi connectivity index (χ2v) is 5.85. The van der Waals surface area contributed by atoms with Gasteiger partial charge in [-0.15, -0.1) is 0 Å². The van der Waals surface area contributed by atoms with Crippen LogP contribution in [-0.2, 0) is 4.74 Å². The minimum absolute atomic E-state index is 0.735. The van der Waals surface area contributed by atoms with E-state index in [1.54, 1.807) is 0 Å². The monoisotopic (exact) mass is 317 g/mol. The van der Waals surface area contributed by atoms with E-state index in [0.29, 0.717) is 0 Å². The van der Waals surface area contributed by atoms with Gasteiger partial charge in [0, 0.05) is 24.2 Å². The highest BCUT2D eigenvalue weighted by molar-refractivity contribution is 6.32. The van der Waals surface area contributed by atoms with E-state index in [0.717, 1.165) is 65.3 Å². The van der Waals surface area contributed by atoms with Crippen molar-refractivity contribution >= 4 is 28.5 Å². The highest BCUT2D eigenvalue weighted by Gasteiger charge is 2.16. The Labute approximate surface area is 132 Å². The van der Waals surface area contributed by atoms with Crippen molar-refractivity contribution in [1.82, 2.24) is 20.2 Å². The zero-order valence-electron chi connectivity index (χ0n) is 12.2. The molecule has 22 heavy (non-hydrogen) atoms. The molecule has 0 spiro atoms. The molecule has 3 heterocycles. The van der Waals surface area contributed by atoms with Crippen molar-refractivity contribution in [3.8, 4) is 11.5 Å². The molecule has 0 aliphatic carbocycles. The summed E-state index contributed by atoms with van der Waals surface area (Å²) in [5, 5.41) is 8.18. The molecule has 2 aromatic heterocycles. The Morgan fingerprint density at radius 1 is 1.23 bits per heavy atom. The maximum absolute atomic E-state index is 6.16. The largest absolute Gasteiger partial charge is 0.378 e. The second-order valence-electron chi connectivity index (χ2n) is 5.44. The fourth-order valence-corrected chi connectivity index (χ4v) is 2.82. The SMILES string of the molecule is Cc1cc2nc(-c3cc(N4CCOCC4)[nH]n3)[nH]c2cc1Cl. The van der Waals surface area contributed by atoms with Crippen LogP contribution in [0.15, 0.2) is 18.2 Å². The molecule has 1 aliphatic heterocycles. The minimum Gasteiger partial charge on any atom is -0.378 e. The smallest absolute Gasteiger partial charge is 0.159 e. The third kappa shape index (κ3) is 2.34. The first kappa shape index (κ1) is 13.6. The summed E-state index contributed by atoms with van der Waals surface area (Å²) in [6.45, 7) is 5.21. The number of rotatable bonds is 2. The molecule has 0 atom stereocenters. The van der Waals surface area contributed by atoms with E-state index < -0.39 is 0 Å². The van der Waals surface area contributed by atoms with E-state index >= 15 is 0 Å². The third-order valence-corrected chi connectivity index (χ3v) is 4.33. The Balaban J connectivity index is 1.68. The quantitative estimate of drug-likeness (QED) is 0.762.